The zero-order valence-electron chi connectivity index (χ0n) is 8.88. The second kappa shape index (κ2) is 5.04. The van der Waals surface area contributed by atoms with Gasteiger partial charge in [-0.3, -0.25) is 4.79 Å². The van der Waals surface area contributed by atoms with Gasteiger partial charge in [-0.2, -0.15) is 0 Å². The molecule has 1 nitrogen and oxygen atoms in total. The van der Waals surface area contributed by atoms with Crippen LogP contribution in [0.1, 0.15) is 15.9 Å². The van der Waals surface area contributed by atoms with E-state index < -0.39 is 17.4 Å². The Balaban J connectivity index is 2.55. The molecular formula is C13H6Cl2F2O. The third-order valence-corrected chi connectivity index (χ3v) is 3.08. The van der Waals surface area contributed by atoms with Crippen molar-refractivity contribution in [3.05, 3.63) is 69.2 Å². The van der Waals surface area contributed by atoms with Gasteiger partial charge < -0.3 is 0 Å². The van der Waals surface area contributed by atoms with Crippen molar-refractivity contribution >= 4 is 29.0 Å². The van der Waals surface area contributed by atoms with E-state index in [1.807, 2.05) is 0 Å². The van der Waals surface area contributed by atoms with E-state index in [-0.39, 0.29) is 21.2 Å². The number of hydrogen-bond donors (Lipinski definition) is 0. The molecule has 2 aromatic rings. The molecule has 0 heterocycles. The minimum absolute atomic E-state index is 0.0517. The lowest BCUT2D eigenvalue weighted by Crippen LogP contribution is -2.04. The van der Waals surface area contributed by atoms with E-state index in [2.05, 4.69) is 0 Å². The van der Waals surface area contributed by atoms with E-state index >= 15 is 0 Å². The highest BCUT2D eigenvalue weighted by Gasteiger charge is 2.18. The zero-order valence-corrected chi connectivity index (χ0v) is 10.4. The van der Waals surface area contributed by atoms with Crippen LogP contribution in [0.25, 0.3) is 0 Å². The maximum absolute atomic E-state index is 13.2. The topological polar surface area (TPSA) is 17.1 Å². The van der Waals surface area contributed by atoms with Crippen LogP contribution >= 0.6 is 23.2 Å². The Bertz CT molecular complexity index is 622. The van der Waals surface area contributed by atoms with Crippen molar-refractivity contribution in [1.82, 2.24) is 0 Å². The average Bonchev–Trinajstić information content (AvgIpc) is 2.35. The van der Waals surface area contributed by atoms with Gasteiger partial charge in [0, 0.05) is 11.1 Å². The van der Waals surface area contributed by atoms with Crippen LogP contribution in [0, 0.1) is 11.6 Å². The van der Waals surface area contributed by atoms with Crippen molar-refractivity contribution in [1.29, 1.82) is 0 Å². The molecule has 0 saturated carbocycles. The van der Waals surface area contributed by atoms with Crippen molar-refractivity contribution in [2.75, 3.05) is 0 Å². The van der Waals surface area contributed by atoms with Crippen LogP contribution in [0.3, 0.4) is 0 Å². The first-order valence-corrected chi connectivity index (χ1v) is 5.70. The summed E-state index contributed by atoms with van der Waals surface area (Å²) in [7, 11) is 0. The van der Waals surface area contributed by atoms with Crippen LogP contribution < -0.4 is 0 Å². The molecule has 0 saturated heterocycles. The van der Waals surface area contributed by atoms with E-state index in [4.69, 9.17) is 23.2 Å². The highest BCUT2D eigenvalue weighted by atomic mass is 35.5. The first kappa shape index (κ1) is 13.0. The Labute approximate surface area is 112 Å². The predicted octanol–water partition coefficient (Wildman–Crippen LogP) is 4.50. The number of rotatable bonds is 2. The second-order valence-corrected chi connectivity index (χ2v) is 4.34. The monoisotopic (exact) mass is 286 g/mol. The zero-order chi connectivity index (χ0) is 13.3. The highest BCUT2D eigenvalue weighted by Crippen LogP contribution is 2.26. The maximum atomic E-state index is 13.2. The molecule has 0 unspecified atom stereocenters. The van der Waals surface area contributed by atoms with E-state index in [0.29, 0.717) is 0 Å². The number of carbonyl (C=O) groups is 1. The standard InChI is InChI=1S/C13H6Cl2F2O/c14-10-5-4-7(16)6-9(10)13(18)8-2-1-3-11(17)12(8)15/h1-6H. The van der Waals surface area contributed by atoms with E-state index in [0.717, 1.165) is 18.2 Å². The molecule has 0 fully saturated rings. The molecular weight excluding hydrogens is 281 g/mol. The lowest BCUT2D eigenvalue weighted by molar-refractivity contribution is 0.103. The van der Waals surface area contributed by atoms with Gasteiger partial charge in [-0.05, 0) is 30.3 Å². The van der Waals surface area contributed by atoms with Crippen molar-refractivity contribution in [2.24, 2.45) is 0 Å². The van der Waals surface area contributed by atoms with Gasteiger partial charge in [0.1, 0.15) is 11.6 Å². The lowest BCUT2D eigenvalue weighted by Gasteiger charge is -2.06. The first-order valence-electron chi connectivity index (χ1n) is 4.94. The Morgan fingerprint density at radius 1 is 1.00 bits per heavy atom. The van der Waals surface area contributed by atoms with Crippen LogP contribution in [0.4, 0.5) is 8.78 Å². The summed E-state index contributed by atoms with van der Waals surface area (Å²) in [5, 5.41) is -0.218. The molecule has 0 aliphatic carbocycles. The molecule has 0 aromatic heterocycles. The van der Waals surface area contributed by atoms with Crippen LogP contribution in [-0.2, 0) is 0 Å². The minimum Gasteiger partial charge on any atom is -0.288 e. The van der Waals surface area contributed by atoms with Gasteiger partial charge in [0.15, 0.2) is 5.78 Å². The van der Waals surface area contributed by atoms with Gasteiger partial charge >= 0.3 is 0 Å². The molecule has 18 heavy (non-hydrogen) atoms. The van der Waals surface area contributed by atoms with Crippen molar-refractivity contribution in [3.8, 4) is 0 Å². The summed E-state index contributed by atoms with van der Waals surface area (Å²) in [6.45, 7) is 0. The minimum atomic E-state index is -0.713. The summed E-state index contributed by atoms with van der Waals surface area (Å²) in [5.74, 6) is -1.94. The molecule has 0 atom stereocenters. The van der Waals surface area contributed by atoms with E-state index in [1.54, 1.807) is 0 Å². The van der Waals surface area contributed by atoms with Gasteiger partial charge in [-0.15, -0.1) is 0 Å². The number of hydrogen-bond acceptors (Lipinski definition) is 1. The number of carbonyl (C=O) groups excluding carboxylic acids is 1. The van der Waals surface area contributed by atoms with Gasteiger partial charge in [0.05, 0.1) is 10.0 Å². The van der Waals surface area contributed by atoms with Crippen molar-refractivity contribution in [3.63, 3.8) is 0 Å². The van der Waals surface area contributed by atoms with Crippen molar-refractivity contribution < 1.29 is 13.6 Å². The van der Waals surface area contributed by atoms with Crippen LogP contribution in [0.5, 0.6) is 0 Å². The predicted molar refractivity (Wildman–Crippen MR) is 66.3 cm³/mol. The number of ketones is 1. The third-order valence-electron chi connectivity index (χ3n) is 2.37. The fourth-order valence-corrected chi connectivity index (χ4v) is 1.91. The Morgan fingerprint density at radius 3 is 2.44 bits per heavy atom. The fraction of sp³-hybridized carbons (Fsp3) is 0. The normalized spacial score (nSPS) is 10.4. The second-order valence-electron chi connectivity index (χ2n) is 3.55. The van der Waals surface area contributed by atoms with Crippen LogP contribution in [-0.4, -0.2) is 5.78 Å². The molecule has 0 aliphatic heterocycles. The van der Waals surface area contributed by atoms with E-state index in [9.17, 15) is 13.6 Å². The summed E-state index contributed by atoms with van der Waals surface area (Å²) in [4.78, 5) is 12.1. The molecule has 0 bridgehead atoms. The molecule has 92 valence electrons. The largest absolute Gasteiger partial charge is 0.288 e. The van der Waals surface area contributed by atoms with Gasteiger partial charge in [0.2, 0.25) is 0 Å². The van der Waals surface area contributed by atoms with Crippen LogP contribution in [0.2, 0.25) is 10.0 Å². The summed E-state index contributed by atoms with van der Waals surface area (Å²) < 4.78 is 26.3. The highest BCUT2D eigenvalue weighted by molar-refractivity contribution is 6.38. The molecule has 0 aliphatic rings. The quantitative estimate of drug-likeness (QED) is 0.743. The molecule has 0 spiro atoms. The fourth-order valence-electron chi connectivity index (χ4n) is 1.50. The summed E-state index contributed by atoms with van der Waals surface area (Å²) in [6.07, 6.45) is 0. The molecule has 0 N–H and O–H groups in total. The smallest absolute Gasteiger partial charge is 0.196 e. The van der Waals surface area contributed by atoms with Crippen molar-refractivity contribution in [2.45, 2.75) is 0 Å². The van der Waals surface area contributed by atoms with Gasteiger partial charge in [0.25, 0.3) is 0 Å². The maximum Gasteiger partial charge on any atom is 0.196 e. The number of benzene rings is 2. The number of halogens is 4. The SMILES string of the molecule is O=C(c1cc(F)ccc1Cl)c1cccc(F)c1Cl. The van der Waals surface area contributed by atoms with Gasteiger partial charge in [-0.25, -0.2) is 8.78 Å². The first-order chi connectivity index (χ1) is 8.50. The Kier molecular flexibility index (Phi) is 3.64. The lowest BCUT2D eigenvalue weighted by atomic mass is 10.0. The molecule has 0 radical (unpaired) electrons. The van der Waals surface area contributed by atoms with E-state index in [1.165, 1.54) is 18.2 Å². The molecule has 2 aromatic carbocycles. The van der Waals surface area contributed by atoms with Gasteiger partial charge in [-0.1, -0.05) is 29.3 Å². The summed E-state index contributed by atoms with van der Waals surface area (Å²) in [5.41, 5.74) is -0.103. The average molecular weight is 287 g/mol. The molecule has 2 rings (SSSR count). The Morgan fingerprint density at radius 2 is 1.72 bits per heavy atom. The summed E-state index contributed by atoms with van der Waals surface area (Å²) >= 11 is 11.5. The molecule has 5 heteroatoms. The Hall–Kier alpha value is -1.45. The third kappa shape index (κ3) is 2.37. The van der Waals surface area contributed by atoms with Crippen LogP contribution in [0.15, 0.2) is 36.4 Å². The molecule has 0 amide bonds. The summed E-state index contributed by atoms with van der Waals surface area (Å²) in [6, 6.07) is 7.22.